The first-order chi connectivity index (χ1) is 20.2. The molecule has 14 heteroatoms. The van der Waals surface area contributed by atoms with Crippen molar-refractivity contribution >= 4 is 49.4 Å². The molecule has 1 aliphatic carbocycles. The number of likely N-dealkylation sites (tertiary alicyclic amines) is 1. The van der Waals surface area contributed by atoms with Crippen molar-refractivity contribution in [3.8, 4) is 6.07 Å². The highest BCUT2D eigenvalue weighted by Gasteiger charge is 2.44. The second-order valence-electron chi connectivity index (χ2n) is 11.1. The highest BCUT2D eigenvalue weighted by molar-refractivity contribution is 7.90. The van der Waals surface area contributed by atoms with E-state index in [2.05, 4.69) is 30.6 Å². The minimum atomic E-state index is -3.86. The van der Waals surface area contributed by atoms with Gasteiger partial charge in [-0.1, -0.05) is 18.2 Å². The summed E-state index contributed by atoms with van der Waals surface area (Å²) in [6.45, 7) is 1.90. The summed E-state index contributed by atoms with van der Waals surface area (Å²) in [5, 5.41) is 13.9. The summed E-state index contributed by atoms with van der Waals surface area (Å²) in [5.74, 6) is 1.33. The predicted octanol–water partition coefficient (Wildman–Crippen LogP) is 3.44. The number of nitriles is 1. The monoisotopic (exact) mass is 605 g/mol. The van der Waals surface area contributed by atoms with E-state index >= 15 is 0 Å². The van der Waals surface area contributed by atoms with Crippen LogP contribution in [0.1, 0.15) is 24.2 Å². The zero-order chi connectivity index (χ0) is 29.6. The van der Waals surface area contributed by atoms with Gasteiger partial charge in [0.1, 0.15) is 6.07 Å². The molecule has 6 rings (SSSR count). The number of carbonyl (C=O) groups excluding carboxylic acids is 1. The first-order valence-electron chi connectivity index (χ1n) is 13.6. The SMILES string of the molecule is CN(C)Cc1nsc(NC(=O)N2CC3CC(N(C)c4c(C#N)cnc5c4ccn5S(=O)(=O)c4ccccc4)CC3C2)n1. The average molecular weight is 606 g/mol. The fourth-order valence-electron chi connectivity index (χ4n) is 6.17. The average Bonchev–Trinajstić information content (AvgIpc) is 3.75. The number of fused-ring (bicyclic) bond motifs is 2. The van der Waals surface area contributed by atoms with Gasteiger partial charge in [-0.05, 0) is 57.0 Å². The van der Waals surface area contributed by atoms with Crippen molar-refractivity contribution in [1.82, 2.24) is 28.1 Å². The maximum atomic E-state index is 13.4. The largest absolute Gasteiger partial charge is 0.370 e. The van der Waals surface area contributed by atoms with Crippen LogP contribution in [0.4, 0.5) is 15.6 Å². The molecule has 3 aromatic heterocycles. The molecule has 218 valence electrons. The van der Waals surface area contributed by atoms with Crippen molar-refractivity contribution in [3.63, 3.8) is 0 Å². The molecule has 4 aromatic rings. The van der Waals surface area contributed by atoms with Crippen LogP contribution in [0.15, 0.2) is 53.7 Å². The molecule has 1 aliphatic heterocycles. The molecule has 4 heterocycles. The van der Waals surface area contributed by atoms with Crippen LogP contribution in [-0.4, -0.2) is 82.8 Å². The number of urea groups is 1. The van der Waals surface area contributed by atoms with E-state index in [0.29, 0.717) is 59.1 Å². The molecule has 2 atom stereocenters. The number of hydrogen-bond donors (Lipinski definition) is 1. The van der Waals surface area contributed by atoms with Gasteiger partial charge >= 0.3 is 6.03 Å². The molecule has 0 spiro atoms. The summed E-state index contributed by atoms with van der Waals surface area (Å²) in [4.78, 5) is 27.8. The molecule has 1 aromatic carbocycles. The number of benzene rings is 1. The second kappa shape index (κ2) is 11.0. The molecule has 0 radical (unpaired) electrons. The molecule has 1 saturated carbocycles. The Balaban J connectivity index is 1.18. The van der Waals surface area contributed by atoms with E-state index in [1.807, 2.05) is 30.9 Å². The number of rotatable bonds is 7. The van der Waals surface area contributed by atoms with Gasteiger partial charge in [-0.15, -0.1) is 0 Å². The summed E-state index contributed by atoms with van der Waals surface area (Å²) < 4.78 is 32.2. The molecule has 2 fully saturated rings. The summed E-state index contributed by atoms with van der Waals surface area (Å²) in [6, 6.07) is 12.2. The van der Waals surface area contributed by atoms with Gasteiger partial charge < -0.3 is 14.7 Å². The number of hydrogen-bond acceptors (Lipinski definition) is 10. The van der Waals surface area contributed by atoms with E-state index in [9.17, 15) is 18.5 Å². The predicted molar refractivity (Wildman–Crippen MR) is 160 cm³/mol. The maximum absolute atomic E-state index is 13.4. The van der Waals surface area contributed by atoms with Gasteiger partial charge in [-0.25, -0.2) is 27.2 Å². The van der Waals surface area contributed by atoms with Crippen LogP contribution in [0.2, 0.25) is 0 Å². The number of aromatic nitrogens is 4. The third kappa shape index (κ3) is 5.08. The molecule has 2 amide bonds. The molecular weight excluding hydrogens is 575 g/mol. The lowest BCUT2D eigenvalue weighted by molar-refractivity contribution is 0.218. The molecule has 1 saturated heterocycles. The van der Waals surface area contributed by atoms with E-state index in [4.69, 9.17) is 0 Å². The zero-order valence-corrected chi connectivity index (χ0v) is 25.1. The van der Waals surface area contributed by atoms with E-state index in [1.165, 1.54) is 27.9 Å². The number of amides is 2. The Kier molecular flexibility index (Phi) is 7.34. The Morgan fingerprint density at radius 1 is 1.14 bits per heavy atom. The van der Waals surface area contributed by atoms with E-state index in [0.717, 1.165) is 12.8 Å². The second-order valence-corrected chi connectivity index (χ2v) is 13.7. The van der Waals surface area contributed by atoms with Gasteiger partial charge in [0.2, 0.25) is 5.13 Å². The van der Waals surface area contributed by atoms with Crippen molar-refractivity contribution in [3.05, 3.63) is 60.2 Å². The molecule has 2 aliphatic rings. The van der Waals surface area contributed by atoms with Crippen molar-refractivity contribution in [2.45, 2.75) is 30.3 Å². The van der Waals surface area contributed by atoms with Crippen molar-refractivity contribution in [1.29, 1.82) is 5.26 Å². The number of nitrogens with zero attached hydrogens (tertiary/aromatic N) is 8. The normalized spacial score (nSPS) is 20.2. The molecule has 0 bridgehead atoms. The van der Waals surface area contributed by atoms with E-state index < -0.39 is 10.0 Å². The highest BCUT2D eigenvalue weighted by atomic mass is 32.2. The van der Waals surface area contributed by atoms with Crippen molar-refractivity contribution in [2.75, 3.05) is 44.4 Å². The topological polar surface area (TPSA) is 140 Å². The van der Waals surface area contributed by atoms with Crippen LogP contribution in [-0.2, 0) is 16.6 Å². The highest BCUT2D eigenvalue weighted by Crippen LogP contribution is 2.43. The van der Waals surface area contributed by atoms with Gasteiger partial charge in [0, 0.05) is 55.5 Å². The number of nitrogens with one attached hydrogen (secondary N) is 1. The number of pyridine rings is 1. The Labute approximate surface area is 248 Å². The maximum Gasteiger partial charge on any atom is 0.323 e. The first kappa shape index (κ1) is 28.1. The fraction of sp³-hybridized carbons (Fsp3) is 0.393. The van der Waals surface area contributed by atoms with Crippen LogP contribution in [0.3, 0.4) is 0 Å². The lowest BCUT2D eigenvalue weighted by Gasteiger charge is -2.29. The van der Waals surface area contributed by atoms with Crippen LogP contribution in [0.25, 0.3) is 11.0 Å². The van der Waals surface area contributed by atoms with Crippen LogP contribution in [0, 0.1) is 23.2 Å². The Bertz CT molecular complexity index is 1760. The zero-order valence-electron chi connectivity index (χ0n) is 23.5. The molecular formula is C28H31N9O3S2. The minimum Gasteiger partial charge on any atom is -0.370 e. The summed E-state index contributed by atoms with van der Waals surface area (Å²) in [5.41, 5.74) is 1.35. The smallest absolute Gasteiger partial charge is 0.323 e. The quantitative estimate of drug-likeness (QED) is 0.335. The van der Waals surface area contributed by atoms with Gasteiger partial charge in [0.05, 0.1) is 22.7 Å². The van der Waals surface area contributed by atoms with Crippen LogP contribution < -0.4 is 10.2 Å². The summed E-state index contributed by atoms with van der Waals surface area (Å²) >= 11 is 1.18. The Morgan fingerprint density at radius 2 is 1.86 bits per heavy atom. The molecule has 2 unspecified atom stereocenters. The van der Waals surface area contributed by atoms with E-state index in [-0.39, 0.29) is 22.6 Å². The Hall–Kier alpha value is -4.06. The third-order valence-corrected chi connectivity index (χ3v) is 10.5. The van der Waals surface area contributed by atoms with Crippen molar-refractivity contribution < 1.29 is 13.2 Å². The summed E-state index contributed by atoms with van der Waals surface area (Å²) in [6.07, 6.45) is 4.66. The third-order valence-electron chi connectivity index (χ3n) is 8.13. The van der Waals surface area contributed by atoms with Gasteiger partial charge in [-0.3, -0.25) is 5.32 Å². The van der Waals surface area contributed by atoms with E-state index in [1.54, 1.807) is 36.4 Å². The molecule has 1 N–H and O–H groups in total. The molecule has 42 heavy (non-hydrogen) atoms. The molecule has 12 nitrogen and oxygen atoms in total. The standard InChI is InChI=1S/C28H31N9O3S2/c1-34(2)17-24-31-27(41-33-24)32-28(38)36-15-18-11-21(12-19(18)16-36)35(3)25-20(13-29)14-30-26-23(25)9-10-37(26)42(39,40)22-7-5-4-6-8-22/h4-10,14,18-19,21H,11-12,15-17H2,1-3H3,(H,31,32,33,38). The number of anilines is 2. The lowest BCUT2D eigenvalue weighted by atomic mass is 10.0. The van der Waals surface area contributed by atoms with Gasteiger partial charge in [-0.2, -0.15) is 9.64 Å². The van der Waals surface area contributed by atoms with Gasteiger partial charge in [0.25, 0.3) is 10.0 Å². The Morgan fingerprint density at radius 3 is 2.52 bits per heavy atom. The lowest BCUT2D eigenvalue weighted by Crippen LogP contribution is -2.36. The number of carbonyl (C=O) groups is 1. The van der Waals surface area contributed by atoms with Crippen LogP contribution >= 0.6 is 11.5 Å². The van der Waals surface area contributed by atoms with Crippen molar-refractivity contribution in [2.24, 2.45) is 11.8 Å². The van der Waals surface area contributed by atoms with Crippen LogP contribution in [0.5, 0.6) is 0 Å². The minimum absolute atomic E-state index is 0.133. The first-order valence-corrected chi connectivity index (χ1v) is 15.8. The fourth-order valence-corrected chi connectivity index (χ4v) is 8.06. The van der Waals surface area contributed by atoms with Gasteiger partial charge in [0.15, 0.2) is 11.5 Å². The summed E-state index contributed by atoms with van der Waals surface area (Å²) in [7, 11) is 1.98.